The topological polar surface area (TPSA) is 0 Å². The summed E-state index contributed by atoms with van der Waals surface area (Å²) in [4.78, 5) is 0. The Morgan fingerprint density at radius 3 is 0.382 bits per heavy atom. The molecule has 0 atom stereocenters. The van der Waals surface area contributed by atoms with Crippen LogP contribution in [0.5, 0.6) is 0 Å². The number of halogens is 7. The minimum atomic E-state index is -1.61. The average molecular weight is 1250 g/mol. The molecule has 0 saturated carbocycles. The standard InChI is InChI=1S/3C19H42N.CCl4.3BrH/c3*1-5-6-7-8-9-10-11-12-13-14-15-16-17-18-19-20(2,3)4;2-1(3,4)5;;;/h3*5-19H2,1-4H3;;3*1H/q3*+1;;;;/p-3. The van der Waals surface area contributed by atoms with Gasteiger partial charge in [-0.15, -0.1) is 0 Å². The van der Waals surface area contributed by atoms with E-state index in [0.717, 1.165) is 13.4 Å². The maximum atomic E-state index is 4.83. The predicted molar refractivity (Wildman–Crippen MR) is 306 cm³/mol. The Hall–Kier alpha value is 2.48. The zero-order valence-corrected chi connectivity index (χ0v) is 56.1. The van der Waals surface area contributed by atoms with Gasteiger partial charge in [0.1, 0.15) is 0 Å². The zero-order valence-electron chi connectivity index (χ0n) is 48.3. The Labute approximate surface area is 483 Å². The quantitative estimate of drug-likeness (QED) is 0.0324. The lowest BCUT2D eigenvalue weighted by Crippen LogP contribution is -3.00. The van der Waals surface area contributed by atoms with Gasteiger partial charge in [0.2, 0.25) is 0 Å². The molecule has 0 aliphatic heterocycles. The van der Waals surface area contributed by atoms with E-state index in [1.807, 2.05) is 0 Å². The van der Waals surface area contributed by atoms with Gasteiger partial charge in [-0.2, -0.15) is 0 Å². The van der Waals surface area contributed by atoms with Crippen LogP contribution in [0.1, 0.15) is 290 Å². The lowest BCUT2D eigenvalue weighted by molar-refractivity contribution is -0.870. The molecule has 422 valence electrons. The first-order chi connectivity index (χ1) is 30.7. The fourth-order valence-electron chi connectivity index (χ4n) is 8.34. The molecule has 0 aromatic carbocycles. The van der Waals surface area contributed by atoms with Crippen LogP contribution in [0.3, 0.4) is 0 Å². The third-order valence-corrected chi connectivity index (χ3v) is 12.5. The van der Waals surface area contributed by atoms with E-state index in [2.05, 4.69) is 84.2 Å². The summed E-state index contributed by atoms with van der Waals surface area (Å²) in [5, 5.41) is 0. The molecule has 0 aromatic rings. The summed E-state index contributed by atoms with van der Waals surface area (Å²) in [7, 11) is 20.6. The molecule has 68 heavy (non-hydrogen) atoms. The van der Waals surface area contributed by atoms with Crippen LogP contribution >= 0.6 is 46.4 Å². The van der Waals surface area contributed by atoms with Crippen molar-refractivity contribution in [1.29, 1.82) is 0 Å². The first-order valence-electron chi connectivity index (χ1n) is 28.9. The molecule has 0 radical (unpaired) electrons. The normalized spacial score (nSPS) is 11.5. The van der Waals surface area contributed by atoms with Crippen molar-refractivity contribution in [2.75, 3.05) is 83.1 Å². The maximum Gasteiger partial charge on any atom is 0.266 e. The number of rotatable bonds is 45. The Morgan fingerprint density at radius 2 is 0.294 bits per heavy atom. The molecular formula is C58H126Br3Cl4N3. The molecule has 0 heterocycles. The molecule has 0 fully saturated rings. The molecule has 0 bridgehead atoms. The summed E-state index contributed by atoms with van der Waals surface area (Å²) in [6.07, 6.45) is 61.1. The highest BCUT2D eigenvalue weighted by Gasteiger charge is 2.11. The Morgan fingerprint density at radius 1 is 0.206 bits per heavy atom. The van der Waals surface area contributed by atoms with Gasteiger partial charge in [0.05, 0.1) is 83.1 Å². The van der Waals surface area contributed by atoms with Crippen molar-refractivity contribution in [2.24, 2.45) is 0 Å². The van der Waals surface area contributed by atoms with Crippen LogP contribution in [0.2, 0.25) is 0 Å². The molecule has 0 aliphatic carbocycles. The van der Waals surface area contributed by atoms with E-state index >= 15 is 0 Å². The first kappa shape index (κ1) is 84.4. The van der Waals surface area contributed by atoms with Crippen molar-refractivity contribution >= 4 is 46.4 Å². The van der Waals surface area contributed by atoms with Crippen LogP contribution in [0.15, 0.2) is 0 Å². The number of unbranched alkanes of at least 4 members (excludes halogenated alkanes) is 39. The van der Waals surface area contributed by atoms with Gasteiger partial charge in [0, 0.05) is 0 Å². The van der Waals surface area contributed by atoms with Gasteiger partial charge in [0.25, 0.3) is 3.25 Å². The van der Waals surface area contributed by atoms with Crippen LogP contribution in [0.25, 0.3) is 0 Å². The maximum absolute atomic E-state index is 4.83. The van der Waals surface area contributed by atoms with E-state index in [4.69, 9.17) is 46.4 Å². The van der Waals surface area contributed by atoms with Crippen LogP contribution in [0, 0.1) is 0 Å². The highest BCUT2D eigenvalue weighted by atomic mass is 79.9. The number of nitrogens with zero attached hydrogens (tertiary/aromatic N) is 3. The van der Waals surface area contributed by atoms with E-state index < -0.39 is 3.25 Å². The highest BCUT2D eigenvalue weighted by molar-refractivity contribution is 6.83. The number of hydrogen-bond acceptors (Lipinski definition) is 0. The summed E-state index contributed by atoms with van der Waals surface area (Å²) in [6, 6.07) is 0. The minimum Gasteiger partial charge on any atom is -1.00 e. The van der Waals surface area contributed by atoms with Gasteiger partial charge in [-0.05, 0) is 38.5 Å². The molecule has 0 saturated heterocycles. The monoisotopic (exact) mass is 1240 g/mol. The minimum absolute atomic E-state index is 0. The van der Waals surface area contributed by atoms with E-state index in [0.29, 0.717) is 0 Å². The summed E-state index contributed by atoms with van der Waals surface area (Å²) >= 11 is 19.3. The Balaban J connectivity index is -0.000000153. The van der Waals surface area contributed by atoms with E-state index in [-0.39, 0.29) is 50.9 Å². The summed E-state index contributed by atoms with van der Waals surface area (Å²) in [5.74, 6) is 0. The lowest BCUT2D eigenvalue weighted by atomic mass is 10.0. The second-order valence-electron chi connectivity index (χ2n) is 23.3. The molecule has 10 heteroatoms. The van der Waals surface area contributed by atoms with Crippen molar-refractivity contribution in [3.63, 3.8) is 0 Å². The van der Waals surface area contributed by atoms with Gasteiger partial charge in [-0.25, -0.2) is 0 Å². The average Bonchev–Trinajstić information content (AvgIpc) is 3.20. The fourth-order valence-corrected chi connectivity index (χ4v) is 8.34. The van der Waals surface area contributed by atoms with Crippen molar-refractivity contribution in [2.45, 2.75) is 294 Å². The van der Waals surface area contributed by atoms with E-state index in [1.54, 1.807) is 0 Å². The summed E-state index contributed by atoms with van der Waals surface area (Å²) < 4.78 is 1.76. The zero-order chi connectivity index (χ0) is 49.8. The third kappa shape index (κ3) is 109. The van der Waals surface area contributed by atoms with E-state index in [1.165, 1.54) is 289 Å². The fraction of sp³-hybridized carbons (Fsp3) is 1.00. The van der Waals surface area contributed by atoms with Gasteiger partial charge in [-0.1, -0.05) is 298 Å². The van der Waals surface area contributed by atoms with Crippen molar-refractivity contribution in [3.05, 3.63) is 0 Å². The van der Waals surface area contributed by atoms with Crippen molar-refractivity contribution in [3.8, 4) is 0 Å². The molecule has 0 spiro atoms. The second kappa shape index (κ2) is 63.8. The Bertz CT molecular complexity index is 756. The molecule has 0 aromatic heterocycles. The smallest absolute Gasteiger partial charge is 0.266 e. The molecule has 0 aliphatic rings. The molecule has 0 amide bonds. The van der Waals surface area contributed by atoms with Crippen LogP contribution in [0.4, 0.5) is 0 Å². The molecular weight excluding hydrogens is 1120 g/mol. The van der Waals surface area contributed by atoms with Crippen LogP contribution in [-0.4, -0.2) is 99.8 Å². The first-order valence-corrected chi connectivity index (χ1v) is 30.4. The summed E-state index contributed by atoms with van der Waals surface area (Å²) in [6.45, 7) is 10.9. The van der Waals surface area contributed by atoms with Crippen molar-refractivity contribution in [1.82, 2.24) is 0 Å². The van der Waals surface area contributed by atoms with Crippen LogP contribution < -0.4 is 50.9 Å². The van der Waals surface area contributed by atoms with Gasteiger partial charge in [0.15, 0.2) is 0 Å². The third-order valence-electron chi connectivity index (χ3n) is 12.5. The SMILES string of the molecule is CCCCCCCCCCCCCCCC[N+](C)(C)C.CCCCCCCCCCCCCCCC[N+](C)(C)C.CCCCCCCCCCCCCCCC[N+](C)(C)C.ClC(Cl)(Cl)Cl.[Br-].[Br-].[Br-]. The lowest BCUT2D eigenvalue weighted by Gasteiger charge is -2.23. The molecule has 3 nitrogen and oxygen atoms in total. The molecule has 0 unspecified atom stereocenters. The Kier molecular flexibility index (Phi) is 79.2. The number of alkyl halides is 4. The second-order valence-corrected chi connectivity index (χ2v) is 26.7. The predicted octanol–water partition coefficient (Wildman–Crippen LogP) is 12.1. The molecule has 0 rings (SSSR count). The van der Waals surface area contributed by atoms with Gasteiger partial charge in [-0.3, -0.25) is 0 Å². The van der Waals surface area contributed by atoms with Crippen LogP contribution in [-0.2, 0) is 0 Å². The summed E-state index contributed by atoms with van der Waals surface area (Å²) in [5.41, 5.74) is 0. The highest BCUT2D eigenvalue weighted by Crippen LogP contribution is 2.30. The molecule has 0 N–H and O–H groups in total. The van der Waals surface area contributed by atoms with Crippen molar-refractivity contribution < 1.29 is 64.4 Å². The van der Waals surface area contributed by atoms with E-state index in [9.17, 15) is 0 Å². The number of hydrogen-bond donors (Lipinski definition) is 0. The number of quaternary nitrogens is 3. The largest absolute Gasteiger partial charge is 1.00 e. The van der Waals surface area contributed by atoms with Gasteiger partial charge < -0.3 is 64.4 Å². The van der Waals surface area contributed by atoms with Gasteiger partial charge >= 0.3 is 0 Å².